The smallest absolute Gasteiger partial charge is 0.0164 e. The SMILES string of the molecule is C/C=C\C1C/C=C\C/C=C\C1. The second-order valence-corrected chi connectivity index (χ2v) is 2.94. The van der Waals surface area contributed by atoms with Crippen molar-refractivity contribution < 1.29 is 0 Å². The van der Waals surface area contributed by atoms with E-state index in [1.165, 1.54) is 12.8 Å². The third kappa shape index (κ3) is 3.22. The van der Waals surface area contributed by atoms with Gasteiger partial charge in [0.05, 0.1) is 0 Å². The van der Waals surface area contributed by atoms with E-state index in [1.807, 2.05) is 0 Å². The Labute approximate surface area is 69.3 Å². The van der Waals surface area contributed by atoms with Gasteiger partial charge in [0.15, 0.2) is 0 Å². The summed E-state index contributed by atoms with van der Waals surface area (Å²) in [5.41, 5.74) is 0. The normalized spacial score (nSPS) is 26.3. The van der Waals surface area contributed by atoms with Crippen LogP contribution in [0.15, 0.2) is 36.5 Å². The summed E-state index contributed by atoms with van der Waals surface area (Å²) in [6.07, 6.45) is 17.0. The molecule has 0 aromatic heterocycles. The molecule has 1 aliphatic rings. The van der Waals surface area contributed by atoms with Gasteiger partial charge in [0.2, 0.25) is 0 Å². The molecule has 0 atom stereocenters. The minimum absolute atomic E-state index is 0.729. The fourth-order valence-electron chi connectivity index (χ4n) is 1.34. The summed E-state index contributed by atoms with van der Waals surface area (Å²) in [5, 5.41) is 0. The van der Waals surface area contributed by atoms with E-state index in [2.05, 4.69) is 43.4 Å². The van der Waals surface area contributed by atoms with Gasteiger partial charge in [-0.05, 0) is 32.1 Å². The molecule has 0 nitrogen and oxygen atoms in total. The van der Waals surface area contributed by atoms with Crippen LogP contribution in [0.25, 0.3) is 0 Å². The molecule has 0 bridgehead atoms. The Kier molecular flexibility index (Phi) is 3.74. The quantitative estimate of drug-likeness (QED) is 0.499. The number of hydrogen-bond donors (Lipinski definition) is 0. The van der Waals surface area contributed by atoms with Crippen LogP contribution in [0.1, 0.15) is 26.2 Å². The number of allylic oxidation sites excluding steroid dienone is 6. The highest BCUT2D eigenvalue weighted by Gasteiger charge is 1.99. The Bertz CT molecular complexity index is 158. The predicted octanol–water partition coefficient (Wildman–Crippen LogP) is 3.48. The van der Waals surface area contributed by atoms with Gasteiger partial charge in [-0.25, -0.2) is 0 Å². The van der Waals surface area contributed by atoms with E-state index in [0.717, 1.165) is 12.3 Å². The largest absolute Gasteiger partial charge is 0.0914 e. The fourth-order valence-corrected chi connectivity index (χ4v) is 1.34. The first kappa shape index (κ1) is 8.32. The van der Waals surface area contributed by atoms with E-state index < -0.39 is 0 Å². The Balaban J connectivity index is 2.46. The van der Waals surface area contributed by atoms with Crippen molar-refractivity contribution in [3.05, 3.63) is 36.5 Å². The molecule has 11 heavy (non-hydrogen) atoms. The molecular weight excluding hydrogens is 132 g/mol. The lowest BCUT2D eigenvalue weighted by Crippen LogP contribution is -1.93. The zero-order chi connectivity index (χ0) is 7.94. The highest BCUT2D eigenvalue weighted by Crippen LogP contribution is 2.14. The second kappa shape index (κ2) is 4.95. The van der Waals surface area contributed by atoms with Crippen LogP contribution in [0.3, 0.4) is 0 Å². The molecule has 0 N–H and O–H groups in total. The Morgan fingerprint density at radius 1 is 1.09 bits per heavy atom. The third-order valence-corrected chi connectivity index (χ3v) is 1.95. The monoisotopic (exact) mass is 148 g/mol. The van der Waals surface area contributed by atoms with E-state index >= 15 is 0 Å². The predicted molar refractivity (Wildman–Crippen MR) is 50.4 cm³/mol. The molecule has 0 heteroatoms. The van der Waals surface area contributed by atoms with Crippen molar-refractivity contribution >= 4 is 0 Å². The van der Waals surface area contributed by atoms with Crippen molar-refractivity contribution in [1.82, 2.24) is 0 Å². The highest BCUT2D eigenvalue weighted by molar-refractivity contribution is 5.02. The Morgan fingerprint density at radius 2 is 1.73 bits per heavy atom. The summed E-state index contributed by atoms with van der Waals surface area (Å²) < 4.78 is 0. The van der Waals surface area contributed by atoms with Crippen LogP contribution in [0.5, 0.6) is 0 Å². The standard InChI is InChI=1S/C11H16/c1-2-8-11-9-6-4-3-5-7-10-11/h2,4-8,11H,3,9-10H2,1H3/b6-4-,7-5-,8-2-. The van der Waals surface area contributed by atoms with Gasteiger partial charge in [-0.2, -0.15) is 0 Å². The van der Waals surface area contributed by atoms with Gasteiger partial charge in [-0.15, -0.1) is 0 Å². The lowest BCUT2D eigenvalue weighted by atomic mass is 9.98. The van der Waals surface area contributed by atoms with Crippen molar-refractivity contribution in [3.63, 3.8) is 0 Å². The first-order valence-corrected chi connectivity index (χ1v) is 4.36. The van der Waals surface area contributed by atoms with Crippen LogP contribution in [0.4, 0.5) is 0 Å². The van der Waals surface area contributed by atoms with Gasteiger partial charge in [0, 0.05) is 0 Å². The summed E-state index contributed by atoms with van der Waals surface area (Å²) in [6.45, 7) is 2.09. The highest BCUT2D eigenvalue weighted by atomic mass is 14.0. The lowest BCUT2D eigenvalue weighted by molar-refractivity contribution is 0.669. The summed E-state index contributed by atoms with van der Waals surface area (Å²) in [4.78, 5) is 0. The minimum Gasteiger partial charge on any atom is -0.0914 e. The van der Waals surface area contributed by atoms with E-state index in [0.29, 0.717) is 0 Å². The molecular formula is C11H16. The second-order valence-electron chi connectivity index (χ2n) is 2.94. The minimum atomic E-state index is 0.729. The molecule has 0 heterocycles. The first-order valence-electron chi connectivity index (χ1n) is 4.36. The molecule has 0 unspecified atom stereocenters. The molecule has 60 valence electrons. The van der Waals surface area contributed by atoms with Crippen molar-refractivity contribution in [1.29, 1.82) is 0 Å². The summed E-state index contributed by atoms with van der Waals surface area (Å²) >= 11 is 0. The van der Waals surface area contributed by atoms with E-state index in [1.54, 1.807) is 0 Å². The molecule has 0 aromatic carbocycles. The molecule has 0 fully saturated rings. The van der Waals surface area contributed by atoms with Crippen molar-refractivity contribution in [2.45, 2.75) is 26.2 Å². The van der Waals surface area contributed by atoms with E-state index in [-0.39, 0.29) is 0 Å². The van der Waals surface area contributed by atoms with Crippen LogP contribution in [0.2, 0.25) is 0 Å². The third-order valence-electron chi connectivity index (χ3n) is 1.95. The molecule has 1 aliphatic carbocycles. The van der Waals surface area contributed by atoms with Crippen LogP contribution < -0.4 is 0 Å². The van der Waals surface area contributed by atoms with Crippen molar-refractivity contribution in [2.75, 3.05) is 0 Å². The summed E-state index contributed by atoms with van der Waals surface area (Å²) in [6, 6.07) is 0. The molecule has 0 radical (unpaired) electrons. The molecule has 0 saturated carbocycles. The number of rotatable bonds is 1. The average molecular weight is 148 g/mol. The van der Waals surface area contributed by atoms with Crippen LogP contribution in [0, 0.1) is 5.92 Å². The van der Waals surface area contributed by atoms with Crippen LogP contribution >= 0.6 is 0 Å². The van der Waals surface area contributed by atoms with Gasteiger partial charge in [-0.3, -0.25) is 0 Å². The van der Waals surface area contributed by atoms with Crippen LogP contribution in [-0.4, -0.2) is 0 Å². The fraction of sp³-hybridized carbons (Fsp3) is 0.455. The van der Waals surface area contributed by atoms with Gasteiger partial charge in [0.25, 0.3) is 0 Å². The molecule has 0 saturated heterocycles. The average Bonchev–Trinajstić information content (AvgIpc) is 1.94. The lowest BCUT2D eigenvalue weighted by Gasteiger charge is -2.07. The maximum atomic E-state index is 2.29. The maximum Gasteiger partial charge on any atom is -0.0164 e. The summed E-state index contributed by atoms with van der Waals surface area (Å²) in [7, 11) is 0. The molecule has 0 aliphatic heterocycles. The molecule has 0 spiro atoms. The van der Waals surface area contributed by atoms with Gasteiger partial charge < -0.3 is 0 Å². The summed E-state index contributed by atoms with van der Waals surface area (Å²) in [5.74, 6) is 0.729. The zero-order valence-corrected chi connectivity index (χ0v) is 7.16. The zero-order valence-electron chi connectivity index (χ0n) is 7.16. The van der Waals surface area contributed by atoms with Gasteiger partial charge in [0.1, 0.15) is 0 Å². The number of hydrogen-bond acceptors (Lipinski definition) is 0. The topological polar surface area (TPSA) is 0 Å². The van der Waals surface area contributed by atoms with Crippen molar-refractivity contribution in [3.8, 4) is 0 Å². The van der Waals surface area contributed by atoms with Gasteiger partial charge >= 0.3 is 0 Å². The van der Waals surface area contributed by atoms with E-state index in [4.69, 9.17) is 0 Å². The van der Waals surface area contributed by atoms with Gasteiger partial charge in [-0.1, -0.05) is 36.5 Å². The maximum absolute atomic E-state index is 2.29. The van der Waals surface area contributed by atoms with Crippen molar-refractivity contribution in [2.24, 2.45) is 5.92 Å². The Morgan fingerprint density at radius 3 is 2.27 bits per heavy atom. The first-order chi connectivity index (χ1) is 5.43. The molecule has 0 aromatic rings. The molecule has 0 amide bonds. The molecule has 1 rings (SSSR count). The Hall–Kier alpha value is -0.780. The van der Waals surface area contributed by atoms with E-state index in [9.17, 15) is 0 Å². The van der Waals surface area contributed by atoms with Crippen LogP contribution in [-0.2, 0) is 0 Å².